The van der Waals surface area contributed by atoms with Gasteiger partial charge in [0.05, 0.1) is 12.3 Å². The lowest BCUT2D eigenvalue weighted by molar-refractivity contribution is -0.146. The number of halogens is 1. The Morgan fingerprint density at radius 2 is 2.00 bits per heavy atom. The highest BCUT2D eigenvalue weighted by atomic mass is 35.5. The number of esters is 1. The van der Waals surface area contributed by atoms with Crippen molar-refractivity contribution in [1.29, 1.82) is 0 Å². The number of nitrogens with one attached hydrogen (secondary N) is 1. The number of ether oxygens (including phenoxy) is 3. The van der Waals surface area contributed by atoms with E-state index in [0.717, 1.165) is 32.5 Å². The third-order valence-corrected chi connectivity index (χ3v) is 5.60. The molecule has 3 rings (SSSR count). The summed E-state index contributed by atoms with van der Waals surface area (Å²) in [4.78, 5) is 38.4. The van der Waals surface area contributed by atoms with E-state index in [1.54, 1.807) is 31.2 Å². The predicted octanol–water partition coefficient (Wildman–Crippen LogP) is 2.02. The second kappa shape index (κ2) is 12.6. The van der Waals surface area contributed by atoms with Gasteiger partial charge in [-0.25, -0.2) is 0 Å². The van der Waals surface area contributed by atoms with Crippen molar-refractivity contribution in [1.82, 2.24) is 5.32 Å². The van der Waals surface area contributed by atoms with E-state index >= 15 is 0 Å². The van der Waals surface area contributed by atoms with Gasteiger partial charge in [0.25, 0.3) is 0 Å². The van der Waals surface area contributed by atoms with Crippen LogP contribution in [0.1, 0.15) is 32.6 Å². The molecule has 0 aliphatic carbocycles. The monoisotopic (exact) mass is 470 g/mol. The summed E-state index contributed by atoms with van der Waals surface area (Å²) in [5.41, 5.74) is 0.397. The van der Waals surface area contributed by atoms with Gasteiger partial charge in [-0.2, -0.15) is 0 Å². The number of para-hydroxylation sites is 2. The summed E-state index contributed by atoms with van der Waals surface area (Å²) >= 11 is 0. The molecule has 0 spiro atoms. The van der Waals surface area contributed by atoms with Gasteiger partial charge in [-0.05, 0) is 50.7 Å². The van der Waals surface area contributed by atoms with E-state index in [1.807, 2.05) is 0 Å². The van der Waals surface area contributed by atoms with Crippen LogP contribution in [0.25, 0.3) is 0 Å². The van der Waals surface area contributed by atoms with Crippen LogP contribution in [0.4, 0.5) is 5.69 Å². The Labute approximate surface area is 193 Å². The first-order valence-corrected chi connectivity index (χ1v) is 10.7. The number of aliphatic carboxylic acids is 1. The summed E-state index contributed by atoms with van der Waals surface area (Å²) in [5.74, 6) is -1.12. The Bertz CT molecular complexity index is 785. The molecule has 1 aromatic rings. The minimum absolute atomic E-state index is 0. The average Bonchev–Trinajstić information content (AvgIpc) is 2.89. The van der Waals surface area contributed by atoms with Crippen LogP contribution in [-0.2, 0) is 23.9 Å². The van der Waals surface area contributed by atoms with E-state index in [2.05, 4.69) is 5.32 Å². The molecule has 178 valence electrons. The fourth-order valence-corrected chi connectivity index (χ4v) is 3.96. The number of carboxylic acids is 1. The molecular weight excluding hydrogens is 440 g/mol. The average molecular weight is 471 g/mol. The molecule has 0 bridgehead atoms. The lowest BCUT2D eigenvalue weighted by Gasteiger charge is -2.28. The number of carbonyl (C=O) groups excluding carboxylic acids is 2. The van der Waals surface area contributed by atoms with Crippen molar-refractivity contribution in [2.24, 2.45) is 5.92 Å². The maximum Gasteiger partial charge on any atom is 0.323 e. The van der Waals surface area contributed by atoms with Crippen LogP contribution < -0.4 is 15.0 Å². The predicted molar refractivity (Wildman–Crippen MR) is 119 cm³/mol. The molecular formula is C22H31ClN2O7. The normalized spacial score (nSPS) is 19.7. The molecule has 2 N–H and O–H groups in total. The molecule has 10 heteroatoms. The standard InChI is InChI=1S/C22H30N2O7.ClH/c1-2-30-22(28)16(8-7-15-9-11-29-12-10-15)23-17-14-31-19-6-4-3-5-18(19)24(21(17)27)13-20(25)26;/h3-6,15-17,23H,2,7-14H2,1H3,(H,25,26);1H/t16-,17-;/m0./s1. The number of rotatable bonds is 9. The molecule has 1 fully saturated rings. The zero-order chi connectivity index (χ0) is 22.2. The van der Waals surface area contributed by atoms with Crippen LogP contribution in [0, 0.1) is 5.92 Å². The highest BCUT2D eigenvalue weighted by molar-refractivity contribution is 6.02. The minimum Gasteiger partial charge on any atom is -0.489 e. The zero-order valence-corrected chi connectivity index (χ0v) is 19.0. The first-order chi connectivity index (χ1) is 15.0. The van der Waals surface area contributed by atoms with Gasteiger partial charge in [-0.1, -0.05) is 12.1 Å². The smallest absolute Gasteiger partial charge is 0.323 e. The molecule has 1 amide bonds. The molecule has 2 atom stereocenters. The van der Waals surface area contributed by atoms with Crippen molar-refractivity contribution in [2.45, 2.75) is 44.7 Å². The molecule has 0 aromatic heterocycles. The molecule has 1 saturated heterocycles. The fraction of sp³-hybridized carbons (Fsp3) is 0.591. The molecule has 0 saturated carbocycles. The third-order valence-electron chi connectivity index (χ3n) is 5.60. The maximum atomic E-state index is 13.2. The summed E-state index contributed by atoms with van der Waals surface area (Å²) in [6.45, 7) is 2.90. The summed E-state index contributed by atoms with van der Waals surface area (Å²) in [6.07, 6.45) is 3.21. The van der Waals surface area contributed by atoms with Crippen LogP contribution in [0.5, 0.6) is 5.75 Å². The highest BCUT2D eigenvalue weighted by Crippen LogP contribution is 2.31. The Balaban J connectivity index is 0.00000363. The number of nitrogens with zero attached hydrogens (tertiary/aromatic N) is 1. The van der Waals surface area contributed by atoms with E-state index in [4.69, 9.17) is 14.2 Å². The van der Waals surface area contributed by atoms with Crippen LogP contribution >= 0.6 is 12.4 Å². The number of anilines is 1. The topological polar surface area (TPSA) is 114 Å². The second-order valence-electron chi connectivity index (χ2n) is 7.75. The number of hydrogen-bond donors (Lipinski definition) is 2. The van der Waals surface area contributed by atoms with Gasteiger partial charge in [-0.3, -0.25) is 24.6 Å². The maximum absolute atomic E-state index is 13.2. The number of carboxylic acid groups (broad SMARTS) is 1. The van der Waals surface area contributed by atoms with Crippen molar-refractivity contribution in [3.8, 4) is 5.75 Å². The van der Waals surface area contributed by atoms with E-state index in [1.165, 1.54) is 4.90 Å². The molecule has 32 heavy (non-hydrogen) atoms. The van der Waals surface area contributed by atoms with Crippen molar-refractivity contribution in [2.75, 3.05) is 37.9 Å². The molecule has 2 aliphatic heterocycles. The largest absolute Gasteiger partial charge is 0.489 e. The molecule has 0 radical (unpaired) electrons. The van der Waals surface area contributed by atoms with Gasteiger partial charge in [0.1, 0.15) is 31.0 Å². The number of carbonyl (C=O) groups is 3. The van der Waals surface area contributed by atoms with Crippen molar-refractivity contribution < 1.29 is 33.7 Å². The van der Waals surface area contributed by atoms with Crippen molar-refractivity contribution in [3.63, 3.8) is 0 Å². The van der Waals surface area contributed by atoms with Gasteiger partial charge in [0, 0.05) is 13.2 Å². The summed E-state index contributed by atoms with van der Waals surface area (Å²) in [6, 6.07) is 5.24. The van der Waals surface area contributed by atoms with Gasteiger partial charge >= 0.3 is 11.9 Å². The summed E-state index contributed by atoms with van der Waals surface area (Å²) < 4.78 is 16.4. The Kier molecular flexibility index (Phi) is 10.2. The third kappa shape index (κ3) is 6.82. The van der Waals surface area contributed by atoms with E-state index in [0.29, 0.717) is 23.8 Å². The highest BCUT2D eigenvalue weighted by Gasteiger charge is 2.35. The minimum atomic E-state index is -1.13. The van der Waals surface area contributed by atoms with Crippen molar-refractivity contribution >= 4 is 35.9 Å². The second-order valence-corrected chi connectivity index (χ2v) is 7.75. The zero-order valence-electron chi connectivity index (χ0n) is 18.2. The Morgan fingerprint density at radius 1 is 1.28 bits per heavy atom. The fourth-order valence-electron chi connectivity index (χ4n) is 3.96. The first kappa shape index (κ1) is 25.9. The summed E-state index contributed by atoms with van der Waals surface area (Å²) in [5, 5.41) is 12.4. The van der Waals surface area contributed by atoms with Crippen LogP contribution in [0.15, 0.2) is 24.3 Å². The molecule has 9 nitrogen and oxygen atoms in total. The summed E-state index contributed by atoms with van der Waals surface area (Å²) in [7, 11) is 0. The number of fused-ring (bicyclic) bond motifs is 1. The lowest BCUT2D eigenvalue weighted by Crippen LogP contribution is -2.55. The van der Waals surface area contributed by atoms with E-state index < -0.39 is 36.5 Å². The van der Waals surface area contributed by atoms with Crippen LogP contribution in [0.2, 0.25) is 0 Å². The van der Waals surface area contributed by atoms with Gasteiger partial charge in [0.15, 0.2) is 0 Å². The molecule has 1 aromatic carbocycles. The van der Waals surface area contributed by atoms with Gasteiger partial charge in [-0.15, -0.1) is 12.4 Å². The van der Waals surface area contributed by atoms with E-state index in [9.17, 15) is 19.5 Å². The first-order valence-electron chi connectivity index (χ1n) is 10.7. The van der Waals surface area contributed by atoms with E-state index in [-0.39, 0.29) is 25.6 Å². The number of benzene rings is 1. The number of hydrogen-bond acceptors (Lipinski definition) is 7. The van der Waals surface area contributed by atoms with Gasteiger partial charge < -0.3 is 19.3 Å². The van der Waals surface area contributed by atoms with Crippen LogP contribution in [0.3, 0.4) is 0 Å². The lowest BCUT2D eigenvalue weighted by atomic mass is 9.92. The molecule has 0 unspecified atom stereocenters. The Morgan fingerprint density at radius 3 is 2.69 bits per heavy atom. The van der Waals surface area contributed by atoms with Crippen LogP contribution in [-0.4, -0.2) is 68.0 Å². The van der Waals surface area contributed by atoms with Crippen molar-refractivity contribution in [3.05, 3.63) is 24.3 Å². The Hall–Kier alpha value is -2.36. The molecule has 2 heterocycles. The quantitative estimate of drug-likeness (QED) is 0.527. The van der Waals surface area contributed by atoms with Gasteiger partial charge in [0.2, 0.25) is 5.91 Å². The number of amides is 1. The SMILES string of the molecule is CCOC(=O)[C@H](CCC1CCOCC1)N[C@H]1COc2ccccc2N(CC(=O)O)C1=O.Cl. The molecule has 2 aliphatic rings.